The Morgan fingerprint density at radius 3 is 2.53 bits per heavy atom. The average Bonchev–Trinajstić information content (AvgIpc) is 2.88. The molecule has 0 bridgehead atoms. The molecule has 1 aliphatic heterocycles. The van der Waals surface area contributed by atoms with Gasteiger partial charge in [-0.05, 0) is 48.4 Å². The number of sulfonamides is 1. The van der Waals surface area contributed by atoms with E-state index < -0.39 is 38.6 Å². The first-order valence-corrected chi connectivity index (χ1v) is 13.5. The monoisotopic (exact) mass is 547 g/mol. The van der Waals surface area contributed by atoms with Crippen LogP contribution in [0.3, 0.4) is 0 Å². The van der Waals surface area contributed by atoms with E-state index in [9.17, 15) is 26.4 Å². The van der Waals surface area contributed by atoms with Crippen molar-refractivity contribution in [2.45, 2.75) is 42.4 Å². The van der Waals surface area contributed by atoms with E-state index in [1.807, 2.05) is 18.2 Å². The van der Waals surface area contributed by atoms with Crippen molar-refractivity contribution >= 4 is 15.9 Å². The minimum atomic E-state index is -4.70. The molecule has 1 amide bonds. The lowest BCUT2D eigenvalue weighted by atomic mass is 9.97. The number of alkyl halides is 3. The van der Waals surface area contributed by atoms with E-state index in [1.165, 1.54) is 0 Å². The van der Waals surface area contributed by atoms with Gasteiger partial charge in [0.1, 0.15) is 5.75 Å². The van der Waals surface area contributed by atoms with Gasteiger partial charge in [-0.2, -0.15) is 13.2 Å². The molecule has 3 aromatic rings. The highest BCUT2D eigenvalue weighted by Gasteiger charge is 2.33. The van der Waals surface area contributed by atoms with Crippen LogP contribution in [0, 0.1) is 0 Å². The highest BCUT2D eigenvalue weighted by atomic mass is 32.2. The number of hydrogen-bond acceptors (Lipinski definition) is 5. The van der Waals surface area contributed by atoms with Gasteiger partial charge in [0.15, 0.2) is 0 Å². The molecule has 38 heavy (non-hydrogen) atoms. The van der Waals surface area contributed by atoms with Crippen LogP contribution >= 0.6 is 0 Å². The van der Waals surface area contributed by atoms with Crippen molar-refractivity contribution in [1.29, 1.82) is 0 Å². The van der Waals surface area contributed by atoms with E-state index in [-0.39, 0.29) is 12.5 Å². The van der Waals surface area contributed by atoms with E-state index in [1.54, 1.807) is 30.3 Å². The predicted octanol–water partition coefficient (Wildman–Crippen LogP) is 4.26. The van der Waals surface area contributed by atoms with Gasteiger partial charge in [0.2, 0.25) is 15.9 Å². The Hall–Kier alpha value is -3.41. The van der Waals surface area contributed by atoms with Gasteiger partial charge < -0.3 is 15.8 Å². The Kier molecular flexibility index (Phi) is 8.39. The summed E-state index contributed by atoms with van der Waals surface area (Å²) < 4.78 is 73.8. The molecule has 0 aliphatic carbocycles. The lowest BCUT2D eigenvalue weighted by Gasteiger charge is -2.28. The Balaban J connectivity index is 1.54. The fourth-order valence-corrected chi connectivity index (χ4v) is 5.62. The fraction of sp³-hybridized carbons (Fsp3) is 0.296. The second-order valence-corrected chi connectivity index (χ2v) is 10.7. The van der Waals surface area contributed by atoms with Crippen molar-refractivity contribution in [3.8, 4) is 5.75 Å². The maximum Gasteiger partial charge on any atom is 0.416 e. The maximum atomic E-state index is 13.2. The molecule has 1 heterocycles. The normalized spacial score (nSPS) is 16.3. The lowest BCUT2D eigenvalue weighted by molar-refractivity contribution is -0.137. The number of halogens is 3. The number of fused-ring (bicyclic) bond motifs is 1. The summed E-state index contributed by atoms with van der Waals surface area (Å²) in [6.45, 7) is 0.893. The third kappa shape index (κ3) is 6.72. The second kappa shape index (κ2) is 11.5. The molecule has 0 unspecified atom stereocenters. The molecule has 0 radical (unpaired) electrons. The molecule has 0 fully saturated rings. The number of nitrogens with two attached hydrogens (primary N) is 1. The van der Waals surface area contributed by atoms with Gasteiger partial charge in [-0.25, -0.2) is 13.1 Å². The zero-order chi connectivity index (χ0) is 27.3. The Morgan fingerprint density at radius 1 is 1.05 bits per heavy atom. The lowest BCUT2D eigenvalue weighted by Crippen LogP contribution is -2.36. The summed E-state index contributed by atoms with van der Waals surface area (Å²) in [6.07, 6.45) is -3.74. The van der Waals surface area contributed by atoms with Crippen molar-refractivity contribution in [2.75, 3.05) is 13.2 Å². The van der Waals surface area contributed by atoms with Crippen LogP contribution in [0.25, 0.3) is 0 Å². The first kappa shape index (κ1) is 27.6. The van der Waals surface area contributed by atoms with Gasteiger partial charge in [-0.15, -0.1) is 0 Å². The largest absolute Gasteiger partial charge is 0.493 e. The van der Waals surface area contributed by atoms with Crippen molar-refractivity contribution < 1.29 is 31.1 Å². The highest BCUT2D eigenvalue weighted by Crippen LogP contribution is 2.34. The quantitative estimate of drug-likeness (QED) is 0.371. The van der Waals surface area contributed by atoms with Crippen LogP contribution in [-0.2, 0) is 27.4 Å². The SMILES string of the molecule is NCCc1ccc2c(c1)OCC[C@H]2NC(=O)C[C@@H](NS(=O)(=O)c1cccc(C(F)(F)F)c1)c1ccccc1. The van der Waals surface area contributed by atoms with Gasteiger partial charge >= 0.3 is 6.18 Å². The number of hydrogen-bond donors (Lipinski definition) is 3. The Labute approximate surface area is 219 Å². The summed E-state index contributed by atoms with van der Waals surface area (Å²) in [5, 5.41) is 2.95. The highest BCUT2D eigenvalue weighted by molar-refractivity contribution is 7.89. The van der Waals surface area contributed by atoms with Crippen molar-refractivity contribution in [3.63, 3.8) is 0 Å². The Bertz CT molecular complexity index is 1380. The first-order valence-electron chi connectivity index (χ1n) is 12.1. The molecule has 0 saturated heterocycles. The second-order valence-electron chi connectivity index (χ2n) is 8.98. The van der Waals surface area contributed by atoms with Gasteiger partial charge in [-0.3, -0.25) is 4.79 Å². The van der Waals surface area contributed by atoms with Gasteiger partial charge in [0, 0.05) is 18.4 Å². The topological polar surface area (TPSA) is 111 Å². The molecule has 7 nitrogen and oxygen atoms in total. The zero-order valence-corrected chi connectivity index (χ0v) is 21.2. The summed E-state index contributed by atoms with van der Waals surface area (Å²) >= 11 is 0. The summed E-state index contributed by atoms with van der Waals surface area (Å²) in [6, 6.07) is 16.2. The van der Waals surface area contributed by atoms with E-state index >= 15 is 0 Å². The average molecular weight is 548 g/mol. The molecule has 4 rings (SSSR count). The molecule has 11 heteroatoms. The molecule has 2 atom stereocenters. The molecule has 202 valence electrons. The summed E-state index contributed by atoms with van der Waals surface area (Å²) in [7, 11) is -4.39. The number of ether oxygens (including phenoxy) is 1. The third-order valence-corrected chi connectivity index (χ3v) is 7.72. The van der Waals surface area contributed by atoms with Crippen LogP contribution in [0.5, 0.6) is 5.75 Å². The van der Waals surface area contributed by atoms with Gasteiger partial charge in [-0.1, -0.05) is 48.5 Å². The van der Waals surface area contributed by atoms with Crippen LogP contribution in [-0.4, -0.2) is 27.5 Å². The molecule has 0 aromatic heterocycles. The van der Waals surface area contributed by atoms with E-state index in [2.05, 4.69) is 10.0 Å². The molecule has 0 saturated carbocycles. The Morgan fingerprint density at radius 2 is 1.82 bits per heavy atom. The number of amides is 1. The molecule has 4 N–H and O–H groups in total. The number of carbonyl (C=O) groups is 1. The van der Waals surface area contributed by atoms with Crippen LogP contribution in [0.15, 0.2) is 77.7 Å². The minimum absolute atomic E-state index is 0.264. The van der Waals surface area contributed by atoms with Crippen LogP contribution in [0.4, 0.5) is 13.2 Å². The van der Waals surface area contributed by atoms with E-state index in [4.69, 9.17) is 10.5 Å². The number of benzene rings is 3. The minimum Gasteiger partial charge on any atom is -0.493 e. The molecular weight excluding hydrogens is 519 g/mol. The zero-order valence-electron chi connectivity index (χ0n) is 20.4. The standard InChI is InChI=1S/C27H28F3N3O4S/c28-27(29,30)20-7-4-8-21(16-20)38(35,36)33-24(19-5-2-1-3-6-19)17-26(34)32-23-12-14-37-25-15-18(11-13-31)9-10-22(23)25/h1-10,15-16,23-24,33H,11-14,17,31H2,(H,32,34)/t23-,24-/m1/s1. The van der Waals surface area contributed by atoms with Crippen LogP contribution in [0.2, 0.25) is 0 Å². The summed E-state index contributed by atoms with van der Waals surface area (Å²) in [5.41, 5.74) is 6.88. The van der Waals surface area contributed by atoms with Gasteiger partial charge in [0.05, 0.1) is 29.1 Å². The number of rotatable bonds is 9. The van der Waals surface area contributed by atoms with Crippen LogP contribution < -0.4 is 20.5 Å². The van der Waals surface area contributed by atoms with E-state index in [0.717, 1.165) is 29.3 Å². The smallest absolute Gasteiger partial charge is 0.416 e. The molecular formula is C27H28F3N3O4S. The van der Waals surface area contributed by atoms with Crippen molar-refractivity contribution in [2.24, 2.45) is 5.73 Å². The number of nitrogens with one attached hydrogen (secondary N) is 2. The van der Waals surface area contributed by atoms with Crippen molar-refractivity contribution in [1.82, 2.24) is 10.0 Å². The van der Waals surface area contributed by atoms with Crippen molar-refractivity contribution in [3.05, 3.63) is 95.1 Å². The summed E-state index contributed by atoms with van der Waals surface area (Å²) in [5.74, 6) is 0.242. The molecule has 0 spiro atoms. The van der Waals surface area contributed by atoms with Gasteiger partial charge in [0.25, 0.3) is 0 Å². The van der Waals surface area contributed by atoms with E-state index in [0.29, 0.717) is 43.4 Å². The fourth-order valence-electron chi connectivity index (χ4n) is 4.35. The maximum absolute atomic E-state index is 13.2. The molecule has 3 aromatic carbocycles. The number of carbonyl (C=O) groups excluding carboxylic acids is 1. The van der Waals surface area contributed by atoms with Crippen LogP contribution in [0.1, 0.15) is 47.2 Å². The molecule has 1 aliphatic rings. The predicted molar refractivity (Wildman–Crippen MR) is 136 cm³/mol. The first-order chi connectivity index (χ1) is 18.1. The third-order valence-electron chi connectivity index (χ3n) is 6.25. The summed E-state index contributed by atoms with van der Waals surface area (Å²) in [4.78, 5) is 12.6.